The van der Waals surface area contributed by atoms with Crippen molar-refractivity contribution >= 4 is 22.1 Å². The van der Waals surface area contributed by atoms with Gasteiger partial charge in [0.15, 0.2) is 0 Å². The van der Waals surface area contributed by atoms with Crippen molar-refractivity contribution in [2.75, 3.05) is 0 Å². The van der Waals surface area contributed by atoms with Crippen LogP contribution in [0.25, 0.3) is 5.59 Å². The molecule has 0 aliphatic carbocycles. The molecule has 0 fully saturated rings. The molecule has 0 aliphatic heterocycles. The molecule has 0 unspecified atom stereocenters. The summed E-state index contributed by atoms with van der Waals surface area (Å²) in [5.74, 6) is 0.556. The van der Waals surface area contributed by atoms with Gasteiger partial charge in [-0.15, -0.1) is 0 Å². The van der Waals surface area contributed by atoms with Gasteiger partial charge in [0.2, 0.25) is 0 Å². The van der Waals surface area contributed by atoms with E-state index in [-0.39, 0.29) is 33.2 Å². The fraction of sp³-hybridized carbons (Fsp3) is 0.611. The molecule has 8 heteroatoms. The van der Waals surface area contributed by atoms with Crippen LogP contribution in [-0.2, 0) is 39.0 Å². The third-order valence-corrected chi connectivity index (χ3v) is 8.18. The van der Waals surface area contributed by atoms with E-state index in [9.17, 15) is 10.2 Å². The summed E-state index contributed by atoms with van der Waals surface area (Å²) in [6.45, 7) is 34.0. The van der Waals surface area contributed by atoms with Crippen LogP contribution in [0.5, 0.6) is 11.5 Å². The number of hydrogen-bond donors (Lipinski definition) is 2. The zero-order valence-electron chi connectivity index (χ0n) is 29.8. The second-order valence-corrected chi connectivity index (χ2v) is 16.6. The van der Waals surface area contributed by atoms with E-state index in [1.165, 1.54) is 0 Å². The van der Waals surface area contributed by atoms with Crippen molar-refractivity contribution in [2.24, 2.45) is 9.98 Å². The van der Waals surface area contributed by atoms with Gasteiger partial charge in [-0.05, 0) is 72.6 Å². The predicted molar refractivity (Wildman–Crippen MR) is 187 cm³/mol. The molecule has 6 nitrogen and oxygen atoms in total. The smallest absolute Gasteiger partial charge is 0.423 e. The average molecular weight is 715 g/mol. The minimum absolute atomic E-state index is 0.0646. The molecule has 44 heavy (non-hydrogen) atoms. The van der Waals surface area contributed by atoms with E-state index in [0.29, 0.717) is 0 Å². The van der Waals surface area contributed by atoms with Crippen LogP contribution in [0.1, 0.15) is 144 Å². The second kappa shape index (κ2) is 15.0. The van der Waals surface area contributed by atoms with Gasteiger partial charge in [-0.1, -0.05) is 95.2 Å². The fourth-order valence-corrected chi connectivity index (χ4v) is 4.30. The molecule has 0 spiro atoms. The fourth-order valence-electron chi connectivity index (χ4n) is 4.30. The number of nitrogens with zero attached hydrogens (tertiary/aromatic N) is 3. The zero-order chi connectivity index (χ0) is 35.3. The Hall–Kier alpha value is -2.11. The van der Waals surface area contributed by atoms with Crippen LogP contribution < -0.4 is 0 Å². The van der Waals surface area contributed by atoms with Crippen LogP contribution >= 0.6 is 9.69 Å². The van der Waals surface area contributed by atoms with Crippen LogP contribution in [0.3, 0.4) is 0 Å². The van der Waals surface area contributed by atoms with Gasteiger partial charge in [0.05, 0.1) is 11.1 Å². The number of phenolic OH excluding ortho intramolecular Hbond substituents is 2. The SMILES string of the molecule is CC(C)(C)c1cc(C=NC(C)(C)C(C)(C)N=Cc2cc(C(C)(C)C)cc(C(C)(C)C)c2O)c(O)c(C(C)(C)C)c1.[Cl][Ru+].[N-]=O. The third kappa shape index (κ3) is 10.8. The molecule has 2 aromatic carbocycles. The topological polar surface area (TPSA) is 105 Å². The van der Waals surface area contributed by atoms with Crippen molar-refractivity contribution in [2.45, 2.75) is 144 Å². The summed E-state index contributed by atoms with van der Waals surface area (Å²) in [5.41, 5.74) is 9.61. The minimum atomic E-state index is -0.598. The quantitative estimate of drug-likeness (QED) is 0.238. The monoisotopic (exact) mass is 715 g/mol. The molecule has 0 radical (unpaired) electrons. The molecule has 0 atom stereocenters. The molecule has 0 bridgehead atoms. The number of phenols is 2. The van der Waals surface area contributed by atoms with Gasteiger partial charge in [0.25, 0.3) is 0 Å². The number of hydrogen-bond acceptors (Lipinski definition) is 5. The van der Waals surface area contributed by atoms with Crippen molar-refractivity contribution in [3.05, 3.63) is 68.1 Å². The van der Waals surface area contributed by atoms with E-state index in [2.05, 4.69) is 133 Å². The van der Waals surface area contributed by atoms with Crippen LogP contribution in [0.15, 0.2) is 34.3 Å². The first kappa shape index (κ1) is 41.9. The summed E-state index contributed by atoms with van der Waals surface area (Å²) >= 11 is 1.82. The summed E-state index contributed by atoms with van der Waals surface area (Å²) in [6.07, 6.45) is 3.60. The maximum Gasteiger partial charge on any atom is -0.423 e. The minimum Gasteiger partial charge on any atom is -0.577 e. The molecule has 0 aromatic heterocycles. The van der Waals surface area contributed by atoms with E-state index in [1.807, 2.05) is 29.4 Å². The van der Waals surface area contributed by atoms with Crippen molar-refractivity contribution in [3.63, 3.8) is 0 Å². The van der Waals surface area contributed by atoms with E-state index >= 15 is 0 Å². The van der Waals surface area contributed by atoms with Crippen molar-refractivity contribution < 1.29 is 27.5 Å². The Morgan fingerprint density at radius 2 is 0.795 bits per heavy atom. The molecule has 0 aliphatic rings. The van der Waals surface area contributed by atoms with Crippen molar-refractivity contribution in [1.29, 1.82) is 0 Å². The number of nitroso groups, excluding NO2 is 1. The molecule has 0 amide bonds. The summed E-state index contributed by atoms with van der Waals surface area (Å²) in [5, 5.41) is 22.5. The Bertz CT molecular complexity index is 1220. The van der Waals surface area contributed by atoms with Gasteiger partial charge >= 0.3 is 27.0 Å². The Morgan fingerprint density at radius 3 is 1.00 bits per heavy atom. The number of aliphatic imine (C=N–C) groups is 2. The van der Waals surface area contributed by atoms with Crippen molar-refractivity contribution in [3.8, 4) is 11.5 Å². The molecule has 248 valence electrons. The van der Waals surface area contributed by atoms with Gasteiger partial charge in [-0.3, -0.25) is 9.98 Å². The molecule has 0 saturated carbocycles. The van der Waals surface area contributed by atoms with E-state index < -0.39 is 11.1 Å². The normalized spacial score (nSPS) is 13.4. The average Bonchev–Trinajstić information content (AvgIpc) is 2.87. The van der Waals surface area contributed by atoms with Crippen LogP contribution in [0.2, 0.25) is 0 Å². The van der Waals surface area contributed by atoms with Gasteiger partial charge < -0.3 is 20.7 Å². The molecular weight excluding hydrogens is 659 g/mol. The van der Waals surface area contributed by atoms with Crippen LogP contribution in [0.4, 0.5) is 0 Å². The summed E-state index contributed by atoms with van der Waals surface area (Å²) in [7, 11) is 4.57. The van der Waals surface area contributed by atoms with Gasteiger partial charge in [-0.25, -0.2) is 0 Å². The molecular formula is C36H56ClN3O3Ru. The molecule has 0 heterocycles. The number of halogens is 1. The standard InChI is InChI=1S/C36H56N2O2.ClH.NO.Ru/c1-31(2,3)25-17-23(29(39)27(19-25)33(7,8)9)21-37-35(13,14)36(15,16)38-22-24-18-26(32(4,5)6)20-28(30(24)40)34(10,11)12;;1-2;/h17-22,39-40H,1-16H3;1H;;/q;;-1;+2/p-1. The Morgan fingerprint density at radius 1 is 0.545 bits per heavy atom. The van der Waals surface area contributed by atoms with Gasteiger partial charge in [-0.2, -0.15) is 0 Å². The van der Waals surface area contributed by atoms with Crippen molar-refractivity contribution in [1.82, 2.24) is 0 Å². The first-order valence-corrected chi connectivity index (χ1v) is 17.1. The van der Waals surface area contributed by atoms with E-state index in [0.717, 1.165) is 33.4 Å². The summed E-state index contributed by atoms with van der Waals surface area (Å²) in [6, 6.07) is 8.33. The number of benzene rings is 2. The third-order valence-electron chi connectivity index (χ3n) is 8.18. The molecule has 2 rings (SSSR count). The Labute approximate surface area is 281 Å². The first-order chi connectivity index (χ1) is 19.7. The number of aromatic hydroxyl groups is 2. The maximum atomic E-state index is 11.2. The van der Waals surface area contributed by atoms with Crippen LogP contribution in [0, 0.1) is 4.91 Å². The molecule has 2 aromatic rings. The summed E-state index contributed by atoms with van der Waals surface area (Å²) in [4.78, 5) is 17.2. The second-order valence-electron chi connectivity index (χ2n) is 16.6. The van der Waals surface area contributed by atoms with E-state index in [1.54, 1.807) is 12.4 Å². The summed E-state index contributed by atoms with van der Waals surface area (Å²) < 4.78 is 0. The largest absolute Gasteiger partial charge is 0.577 e. The van der Waals surface area contributed by atoms with Gasteiger partial charge in [0, 0.05) is 34.7 Å². The Balaban J connectivity index is 0.00000443. The molecule has 0 saturated heterocycles. The van der Waals surface area contributed by atoms with E-state index in [4.69, 9.17) is 20.5 Å². The van der Waals surface area contributed by atoms with Crippen LogP contribution in [-0.4, -0.2) is 33.7 Å². The Kier molecular flexibility index (Phi) is 14.3. The zero-order valence-corrected chi connectivity index (χ0v) is 32.3. The predicted octanol–water partition coefficient (Wildman–Crippen LogP) is 10.4. The first-order valence-electron chi connectivity index (χ1n) is 14.9. The number of rotatable bonds is 5. The maximum absolute atomic E-state index is 11.2. The van der Waals surface area contributed by atoms with Gasteiger partial charge in [0.1, 0.15) is 11.5 Å². The molecule has 2 N–H and O–H groups in total.